The Bertz CT molecular complexity index is 1210. The molecule has 0 radical (unpaired) electrons. The molecule has 9 heteroatoms. The summed E-state index contributed by atoms with van der Waals surface area (Å²) in [6.45, 7) is 0.212. The van der Waals surface area contributed by atoms with Crippen LogP contribution in [0.2, 0.25) is 20.1 Å². The lowest BCUT2D eigenvalue weighted by Gasteiger charge is -2.14. The van der Waals surface area contributed by atoms with Gasteiger partial charge in [-0.05, 0) is 53.6 Å². The van der Waals surface area contributed by atoms with Crippen LogP contribution in [0.5, 0.6) is 17.2 Å². The molecule has 1 aliphatic heterocycles. The van der Waals surface area contributed by atoms with Gasteiger partial charge in [0.2, 0.25) is 6.79 Å². The third-order valence-electron chi connectivity index (χ3n) is 4.89. The fourth-order valence-electron chi connectivity index (χ4n) is 3.28. The summed E-state index contributed by atoms with van der Waals surface area (Å²) in [6.07, 6.45) is 1.66. The van der Waals surface area contributed by atoms with Crippen LogP contribution in [0.15, 0.2) is 54.1 Å². The predicted molar refractivity (Wildman–Crippen MR) is 129 cm³/mol. The second-order valence-corrected chi connectivity index (χ2v) is 8.77. The summed E-state index contributed by atoms with van der Waals surface area (Å²) in [5, 5.41) is 11.1. The Hall–Kier alpha value is -2.57. The Morgan fingerprint density at radius 2 is 1.61 bits per heavy atom. The summed E-state index contributed by atoms with van der Waals surface area (Å²) in [5.41, 5.74) is 2.04. The van der Waals surface area contributed by atoms with Gasteiger partial charge in [-0.15, -0.1) is 0 Å². The largest absolute Gasteiger partial charge is 0.486 e. The molecular weight excluding hydrogens is 510 g/mol. The third-order valence-corrected chi connectivity index (χ3v) is 6.16. The minimum Gasteiger partial charge on any atom is -0.486 e. The molecule has 170 valence electrons. The first kappa shape index (κ1) is 23.6. The molecule has 1 N–H and O–H groups in total. The molecule has 5 nitrogen and oxygen atoms in total. The van der Waals surface area contributed by atoms with Gasteiger partial charge in [-0.1, -0.05) is 58.5 Å². The van der Waals surface area contributed by atoms with Gasteiger partial charge in [-0.3, -0.25) is 0 Å². The number of fused-ring (bicyclic) bond motifs is 1. The van der Waals surface area contributed by atoms with Crippen molar-refractivity contribution < 1.29 is 24.1 Å². The summed E-state index contributed by atoms with van der Waals surface area (Å²) in [6, 6.07) is 13.6. The van der Waals surface area contributed by atoms with E-state index in [9.17, 15) is 9.90 Å². The van der Waals surface area contributed by atoms with Gasteiger partial charge in [0.15, 0.2) is 17.2 Å². The van der Waals surface area contributed by atoms with Gasteiger partial charge in [0, 0.05) is 27.6 Å². The lowest BCUT2D eigenvalue weighted by atomic mass is 10.0. The number of carbonyl (C=O) groups is 1. The first-order valence-corrected chi connectivity index (χ1v) is 11.2. The Morgan fingerprint density at radius 1 is 0.939 bits per heavy atom. The Balaban J connectivity index is 1.54. The van der Waals surface area contributed by atoms with Crippen molar-refractivity contribution in [1.29, 1.82) is 0 Å². The quantitative estimate of drug-likeness (QED) is 0.327. The van der Waals surface area contributed by atoms with Crippen molar-refractivity contribution in [3.05, 3.63) is 90.9 Å². The van der Waals surface area contributed by atoms with E-state index in [1.165, 1.54) is 0 Å². The SMILES string of the molecule is O=C(O)/C(=C/c1ccc2c(c1)OCO2)Cc1cc(Cl)c(OCc2c(Cl)cccc2Cl)c(Cl)c1. The summed E-state index contributed by atoms with van der Waals surface area (Å²) < 4.78 is 16.4. The number of carboxylic acids is 1. The van der Waals surface area contributed by atoms with Crippen LogP contribution in [0.3, 0.4) is 0 Å². The van der Waals surface area contributed by atoms with E-state index in [1.807, 2.05) is 0 Å². The van der Waals surface area contributed by atoms with Crippen molar-refractivity contribution in [1.82, 2.24) is 0 Å². The number of halogens is 4. The Morgan fingerprint density at radius 3 is 2.27 bits per heavy atom. The van der Waals surface area contributed by atoms with Crippen LogP contribution < -0.4 is 14.2 Å². The highest BCUT2D eigenvalue weighted by Gasteiger charge is 2.17. The smallest absolute Gasteiger partial charge is 0.331 e. The molecule has 0 saturated carbocycles. The van der Waals surface area contributed by atoms with Gasteiger partial charge in [0.1, 0.15) is 6.61 Å². The van der Waals surface area contributed by atoms with E-state index < -0.39 is 5.97 Å². The van der Waals surface area contributed by atoms with Crippen LogP contribution in [0, 0.1) is 0 Å². The molecule has 4 rings (SSSR count). The second kappa shape index (κ2) is 10.1. The lowest BCUT2D eigenvalue weighted by molar-refractivity contribution is -0.132. The molecular formula is C24H16Cl4O5. The van der Waals surface area contributed by atoms with Gasteiger partial charge in [0.25, 0.3) is 0 Å². The standard InChI is InChI=1S/C24H16Cl4O5/c25-17-2-1-3-18(26)16(17)11-31-23-19(27)8-14(9-20(23)28)7-15(24(29)30)6-13-4-5-21-22(10-13)33-12-32-21/h1-6,8-10H,7,11-12H2,(H,29,30)/b15-6+. The molecule has 0 bridgehead atoms. The van der Waals surface area contributed by atoms with E-state index in [-0.39, 0.29) is 41.2 Å². The first-order valence-electron chi connectivity index (χ1n) is 9.69. The van der Waals surface area contributed by atoms with E-state index in [0.717, 1.165) is 0 Å². The molecule has 1 aliphatic rings. The van der Waals surface area contributed by atoms with E-state index in [4.69, 9.17) is 60.6 Å². The molecule has 0 spiro atoms. The van der Waals surface area contributed by atoms with Crippen LogP contribution in [0.4, 0.5) is 0 Å². The fourth-order valence-corrected chi connectivity index (χ4v) is 4.43. The highest BCUT2D eigenvalue weighted by Crippen LogP contribution is 2.37. The summed E-state index contributed by atoms with van der Waals surface area (Å²) in [7, 11) is 0. The van der Waals surface area contributed by atoms with Crippen LogP contribution in [-0.2, 0) is 17.8 Å². The molecule has 0 aliphatic carbocycles. The Labute approximate surface area is 210 Å². The highest BCUT2D eigenvalue weighted by molar-refractivity contribution is 6.37. The van der Waals surface area contributed by atoms with Gasteiger partial charge in [0.05, 0.1) is 10.0 Å². The zero-order valence-corrected chi connectivity index (χ0v) is 19.9. The molecule has 3 aromatic rings. The highest BCUT2D eigenvalue weighted by atomic mass is 35.5. The fraction of sp³-hybridized carbons (Fsp3) is 0.125. The Kier molecular flexibility index (Phi) is 7.25. The minimum absolute atomic E-state index is 0.0711. The summed E-state index contributed by atoms with van der Waals surface area (Å²) >= 11 is 25.1. The maximum atomic E-state index is 11.9. The number of rotatable bonds is 7. The van der Waals surface area contributed by atoms with Crippen molar-refractivity contribution >= 4 is 58.4 Å². The number of carboxylic acid groups (broad SMARTS) is 1. The van der Waals surface area contributed by atoms with Crippen molar-refractivity contribution in [2.45, 2.75) is 13.0 Å². The number of aliphatic carboxylic acids is 1. The molecule has 0 unspecified atom stereocenters. The zero-order valence-electron chi connectivity index (χ0n) is 16.9. The van der Waals surface area contributed by atoms with Crippen LogP contribution >= 0.6 is 46.4 Å². The summed E-state index contributed by atoms with van der Waals surface area (Å²) in [5.74, 6) is 0.388. The van der Waals surface area contributed by atoms with Crippen LogP contribution in [0.1, 0.15) is 16.7 Å². The molecule has 0 saturated heterocycles. The number of ether oxygens (including phenoxy) is 3. The lowest BCUT2D eigenvalue weighted by Crippen LogP contribution is -2.05. The monoisotopic (exact) mass is 524 g/mol. The molecule has 0 aromatic heterocycles. The average Bonchev–Trinajstić information content (AvgIpc) is 3.22. The van der Waals surface area contributed by atoms with Crippen molar-refractivity contribution in [2.24, 2.45) is 0 Å². The van der Waals surface area contributed by atoms with Gasteiger partial charge >= 0.3 is 5.97 Å². The average molecular weight is 526 g/mol. The van der Waals surface area contributed by atoms with E-state index in [1.54, 1.807) is 54.6 Å². The van der Waals surface area contributed by atoms with Crippen molar-refractivity contribution in [2.75, 3.05) is 6.79 Å². The molecule has 3 aromatic carbocycles. The van der Waals surface area contributed by atoms with Crippen LogP contribution in [-0.4, -0.2) is 17.9 Å². The van der Waals surface area contributed by atoms with Crippen molar-refractivity contribution in [3.8, 4) is 17.2 Å². The molecule has 0 fully saturated rings. The van der Waals surface area contributed by atoms with E-state index >= 15 is 0 Å². The van der Waals surface area contributed by atoms with Crippen LogP contribution in [0.25, 0.3) is 6.08 Å². The molecule has 1 heterocycles. The normalized spacial score (nSPS) is 12.7. The number of benzene rings is 3. The van der Waals surface area contributed by atoms with Gasteiger partial charge < -0.3 is 19.3 Å². The summed E-state index contributed by atoms with van der Waals surface area (Å²) in [4.78, 5) is 11.9. The van der Waals surface area contributed by atoms with E-state index in [0.29, 0.717) is 38.2 Å². The minimum atomic E-state index is -1.06. The zero-order chi connectivity index (χ0) is 23.5. The third kappa shape index (κ3) is 5.50. The number of hydrogen-bond acceptors (Lipinski definition) is 4. The second-order valence-electron chi connectivity index (χ2n) is 7.14. The maximum absolute atomic E-state index is 11.9. The molecule has 0 amide bonds. The molecule has 33 heavy (non-hydrogen) atoms. The predicted octanol–water partition coefficient (Wildman–Crippen LogP) is 7.32. The maximum Gasteiger partial charge on any atom is 0.331 e. The number of hydrogen-bond donors (Lipinski definition) is 1. The van der Waals surface area contributed by atoms with Gasteiger partial charge in [-0.2, -0.15) is 0 Å². The van der Waals surface area contributed by atoms with Crippen molar-refractivity contribution in [3.63, 3.8) is 0 Å². The topological polar surface area (TPSA) is 65.0 Å². The first-order chi connectivity index (χ1) is 15.8. The van der Waals surface area contributed by atoms with Gasteiger partial charge in [-0.25, -0.2) is 4.79 Å². The molecule has 0 atom stereocenters. The van der Waals surface area contributed by atoms with E-state index in [2.05, 4.69) is 0 Å².